The quantitative estimate of drug-likeness (QED) is 0.518. The van der Waals surface area contributed by atoms with E-state index in [1.807, 2.05) is 0 Å². The number of carbonyl (C=O) groups excluding carboxylic acids is 2. The van der Waals surface area contributed by atoms with Crippen LogP contribution in [0.2, 0.25) is 0 Å². The van der Waals surface area contributed by atoms with Crippen LogP contribution in [0.4, 0.5) is 4.79 Å². The van der Waals surface area contributed by atoms with Crippen molar-refractivity contribution >= 4 is 11.9 Å². The second kappa shape index (κ2) is 3.34. The smallest absolute Gasteiger partial charge is 0.321 e. The van der Waals surface area contributed by atoms with E-state index < -0.39 is 6.03 Å². The normalized spacial score (nSPS) is 20.6. The molecule has 0 spiro atoms. The molecule has 5 nitrogen and oxygen atoms in total. The van der Waals surface area contributed by atoms with Crippen molar-refractivity contribution in [2.24, 2.45) is 0 Å². The summed E-state index contributed by atoms with van der Waals surface area (Å²) in [6.45, 7) is 2.45. The molecule has 2 N–H and O–H groups in total. The van der Waals surface area contributed by atoms with Crippen LogP contribution in [0.5, 0.6) is 0 Å². The number of nitrogens with one attached hydrogen (secondary N) is 2. The Kier molecular flexibility index (Phi) is 2.43. The minimum atomic E-state index is -0.465. The van der Waals surface area contributed by atoms with Crippen molar-refractivity contribution in [3.8, 4) is 0 Å². The van der Waals surface area contributed by atoms with Gasteiger partial charge < -0.3 is 10.1 Å². The van der Waals surface area contributed by atoms with Crippen LogP contribution in [0.3, 0.4) is 0 Å². The van der Waals surface area contributed by atoms with Crippen molar-refractivity contribution in [1.29, 1.82) is 0 Å². The van der Waals surface area contributed by atoms with Gasteiger partial charge in [-0.2, -0.15) is 0 Å². The predicted molar refractivity (Wildman–Crippen MR) is 37.0 cm³/mol. The number of imide groups is 1. The number of amides is 3. The van der Waals surface area contributed by atoms with E-state index in [-0.39, 0.29) is 12.0 Å². The number of ether oxygens (including phenoxy) is 1. The summed E-state index contributed by atoms with van der Waals surface area (Å²) in [5.41, 5.74) is 0. The molecule has 0 bridgehead atoms. The minimum absolute atomic E-state index is 0.146. The number of hydrogen-bond donors (Lipinski definition) is 2. The third-order valence-electron chi connectivity index (χ3n) is 1.18. The molecule has 0 saturated carbocycles. The van der Waals surface area contributed by atoms with Gasteiger partial charge in [-0.1, -0.05) is 0 Å². The van der Waals surface area contributed by atoms with Gasteiger partial charge in [-0.25, -0.2) is 4.79 Å². The molecule has 0 aromatic heterocycles. The van der Waals surface area contributed by atoms with Gasteiger partial charge in [0.25, 0.3) is 0 Å². The molecule has 1 aliphatic heterocycles. The highest BCUT2D eigenvalue weighted by Crippen LogP contribution is 2.05. The van der Waals surface area contributed by atoms with Crippen LogP contribution in [-0.4, -0.2) is 31.2 Å². The maximum Gasteiger partial charge on any atom is 0.321 e. The predicted octanol–water partition coefficient (Wildman–Crippen LogP) is -0.769. The molecule has 0 aliphatic carbocycles. The molecular weight excluding hydrogens is 148 g/mol. The summed E-state index contributed by atoms with van der Waals surface area (Å²) in [6, 6.07) is -0.465. The summed E-state index contributed by atoms with van der Waals surface area (Å²) in [4.78, 5) is 21.0. The first-order valence-electron chi connectivity index (χ1n) is 3.35. The van der Waals surface area contributed by atoms with Gasteiger partial charge in [0.15, 0.2) is 0 Å². The second-order valence-electron chi connectivity index (χ2n) is 2.35. The van der Waals surface area contributed by atoms with Gasteiger partial charge in [-0.15, -0.1) is 0 Å². The van der Waals surface area contributed by atoms with E-state index in [0.29, 0.717) is 13.2 Å². The summed E-state index contributed by atoms with van der Waals surface area (Å²) in [5, 5.41) is 4.56. The maximum atomic E-state index is 10.7. The number of carbonyl (C=O) groups is 2. The molecule has 3 amide bonds. The molecule has 1 atom stereocenters. The first-order chi connectivity index (χ1) is 5.18. The fraction of sp³-hybridized carbons (Fsp3) is 0.667. The molecule has 11 heavy (non-hydrogen) atoms. The lowest BCUT2D eigenvalue weighted by molar-refractivity contribution is -0.117. The standard InChI is InChI=1S/C6H10N2O3/c1-4(9)8-6(10)7-2-5-3-11-5/h5H,2-3H2,1H3,(H2,7,8,9,10). The monoisotopic (exact) mass is 158 g/mol. The molecule has 1 saturated heterocycles. The minimum Gasteiger partial charge on any atom is -0.371 e. The fourth-order valence-corrected chi connectivity index (χ4v) is 0.596. The maximum absolute atomic E-state index is 10.7. The Morgan fingerprint density at radius 2 is 2.27 bits per heavy atom. The highest BCUT2D eigenvalue weighted by Gasteiger charge is 2.22. The Bertz CT molecular complexity index is 177. The van der Waals surface area contributed by atoms with Crippen molar-refractivity contribution in [3.63, 3.8) is 0 Å². The van der Waals surface area contributed by atoms with E-state index in [1.54, 1.807) is 0 Å². The Hall–Kier alpha value is -1.10. The average molecular weight is 158 g/mol. The summed E-state index contributed by atoms with van der Waals surface area (Å²) >= 11 is 0. The van der Waals surface area contributed by atoms with E-state index in [0.717, 1.165) is 0 Å². The van der Waals surface area contributed by atoms with Crippen LogP contribution in [0.1, 0.15) is 6.92 Å². The van der Waals surface area contributed by atoms with Crippen molar-refractivity contribution in [2.75, 3.05) is 13.2 Å². The van der Waals surface area contributed by atoms with Crippen LogP contribution >= 0.6 is 0 Å². The molecule has 1 fully saturated rings. The van der Waals surface area contributed by atoms with Crippen molar-refractivity contribution in [2.45, 2.75) is 13.0 Å². The van der Waals surface area contributed by atoms with Crippen LogP contribution in [0.25, 0.3) is 0 Å². The highest BCUT2D eigenvalue weighted by molar-refractivity contribution is 5.92. The largest absolute Gasteiger partial charge is 0.371 e. The molecule has 1 unspecified atom stereocenters. The molecule has 0 aromatic rings. The third kappa shape index (κ3) is 3.57. The number of hydrogen-bond acceptors (Lipinski definition) is 3. The average Bonchev–Trinajstić information content (AvgIpc) is 2.63. The van der Waals surface area contributed by atoms with Crippen molar-refractivity contribution in [1.82, 2.24) is 10.6 Å². The Morgan fingerprint density at radius 1 is 1.64 bits per heavy atom. The first kappa shape index (κ1) is 8.00. The lowest BCUT2D eigenvalue weighted by Gasteiger charge is -2.01. The zero-order chi connectivity index (χ0) is 8.27. The molecule has 5 heteroatoms. The van der Waals surface area contributed by atoms with E-state index in [4.69, 9.17) is 4.74 Å². The van der Waals surface area contributed by atoms with Gasteiger partial charge in [-0.05, 0) is 0 Å². The van der Waals surface area contributed by atoms with Crippen LogP contribution < -0.4 is 10.6 Å². The summed E-state index contributed by atoms with van der Waals surface area (Å²) in [7, 11) is 0. The van der Waals surface area contributed by atoms with Crippen molar-refractivity contribution < 1.29 is 14.3 Å². The number of epoxide rings is 1. The SMILES string of the molecule is CC(=O)NC(=O)NCC1CO1. The van der Waals surface area contributed by atoms with Gasteiger partial charge in [0.05, 0.1) is 12.7 Å². The molecule has 0 radical (unpaired) electrons. The lowest BCUT2D eigenvalue weighted by Crippen LogP contribution is -2.39. The van der Waals surface area contributed by atoms with Crippen LogP contribution in [-0.2, 0) is 9.53 Å². The zero-order valence-corrected chi connectivity index (χ0v) is 6.22. The van der Waals surface area contributed by atoms with Gasteiger partial charge in [0, 0.05) is 13.5 Å². The van der Waals surface area contributed by atoms with Gasteiger partial charge in [0.1, 0.15) is 0 Å². The van der Waals surface area contributed by atoms with E-state index in [1.165, 1.54) is 6.92 Å². The Balaban J connectivity index is 2.04. The highest BCUT2D eigenvalue weighted by atomic mass is 16.6. The van der Waals surface area contributed by atoms with Crippen LogP contribution in [0, 0.1) is 0 Å². The Morgan fingerprint density at radius 3 is 2.73 bits per heavy atom. The molecule has 1 heterocycles. The first-order valence-corrected chi connectivity index (χ1v) is 3.35. The third-order valence-corrected chi connectivity index (χ3v) is 1.18. The van der Waals surface area contributed by atoms with Gasteiger partial charge in [0.2, 0.25) is 5.91 Å². The fourth-order valence-electron chi connectivity index (χ4n) is 0.596. The number of rotatable bonds is 2. The second-order valence-corrected chi connectivity index (χ2v) is 2.35. The molecule has 1 aliphatic rings. The lowest BCUT2D eigenvalue weighted by atomic mass is 10.5. The van der Waals surface area contributed by atoms with Crippen LogP contribution in [0.15, 0.2) is 0 Å². The van der Waals surface area contributed by atoms with Gasteiger partial charge >= 0.3 is 6.03 Å². The van der Waals surface area contributed by atoms with E-state index >= 15 is 0 Å². The topological polar surface area (TPSA) is 70.7 Å². The van der Waals surface area contributed by atoms with E-state index in [9.17, 15) is 9.59 Å². The van der Waals surface area contributed by atoms with E-state index in [2.05, 4.69) is 10.6 Å². The molecular formula is C6H10N2O3. The Labute approximate surface area is 64.1 Å². The summed E-state index contributed by atoms with van der Waals surface area (Å²) in [6.07, 6.45) is 0.146. The number of urea groups is 1. The molecule has 0 aromatic carbocycles. The molecule has 1 rings (SSSR count). The molecule has 62 valence electrons. The zero-order valence-electron chi connectivity index (χ0n) is 6.22. The van der Waals surface area contributed by atoms with Crippen molar-refractivity contribution in [3.05, 3.63) is 0 Å². The van der Waals surface area contributed by atoms with Gasteiger partial charge in [-0.3, -0.25) is 10.1 Å². The summed E-state index contributed by atoms with van der Waals surface area (Å²) in [5.74, 6) is -0.362. The summed E-state index contributed by atoms with van der Waals surface area (Å²) < 4.78 is 4.84.